The average molecular weight is 434 g/mol. The molecule has 0 unspecified atom stereocenters. The maximum atomic E-state index is 13.1. The van der Waals surface area contributed by atoms with Gasteiger partial charge < -0.3 is 9.32 Å². The molecule has 160 valence electrons. The van der Waals surface area contributed by atoms with Crippen LogP contribution in [0.2, 0.25) is 0 Å². The zero-order chi connectivity index (χ0) is 22.2. The van der Waals surface area contributed by atoms with E-state index in [4.69, 9.17) is 4.42 Å². The number of aromatic nitrogens is 2. The molecule has 0 saturated carbocycles. The largest absolute Gasteiger partial charge is 0.416 e. The summed E-state index contributed by atoms with van der Waals surface area (Å²) in [7, 11) is 0. The van der Waals surface area contributed by atoms with E-state index in [0.717, 1.165) is 24.3 Å². The van der Waals surface area contributed by atoms with Crippen molar-refractivity contribution >= 4 is 23.5 Å². The number of benzene rings is 2. The lowest BCUT2D eigenvalue weighted by Crippen LogP contribution is -2.24. The van der Waals surface area contributed by atoms with Crippen LogP contribution in [0.1, 0.15) is 34.2 Å². The topological polar surface area (TPSA) is 88.3 Å². The van der Waals surface area contributed by atoms with Gasteiger partial charge in [-0.25, -0.2) is 4.39 Å². The van der Waals surface area contributed by atoms with Gasteiger partial charge in [0, 0.05) is 24.2 Å². The third-order valence-electron chi connectivity index (χ3n) is 4.75. The predicted molar refractivity (Wildman–Crippen MR) is 99.8 cm³/mol. The number of hydrogen-bond donors (Lipinski definition) is 1. The zero-order valence-corrected chi connectivity index (χ0v) is 15.7. The van der Waals surface area contributed by atoms with Crippen molar-refractivity contribution in [2.45, 2.75) is 18.5 Å². The lowest BCUT2D eigenvalue weighted by Gasteiger charge is -2.15. The summed E-state index contributed by atoms with van der Waals surface area (Å²) in [5.74, 6) is -1.65. The number of alkyl halides is 3. The SMILES string of the molecule is O=C(Nc1nnc([C@H]2CC(=O)N(c3ccc(F)cc3)C2)o1)c1ccc(C(F)(F)F)cc1. The van der Waals surface area contributed by atoms with Gasteiger partial charge in [0.25, 0.3) is 5.91 Å². The average Bonchev–Trinajstić information content (AvgIpc) is 3.34. The van der Waals surface area contributed by atoms with Crippen molar-refractivity contribution in [2.75, 3.05) is 16.8 Å². The number of nitrogens with zero attached hydrogens (tertiary/aromatic N) is 3. The lowest BCUT2D eigenvalue weighted by molar-refractivity contribution is -0.137. The van der Waals surface area contributed by atoms with Crippen LogP contribution in [0.25, 0.3) is 0 Å². The summed E-state index contributed by atoms with van der Waals surface area (Å²) >= 11 is 0. The van der Waals surface area contributed by atoms with E-state index in [9.17, 15) is 27.2 Å². The highest BCUT2D eigenvalue weighted by Gasteiger charge is 2.35. The number of carbonyl (C=O) groups excluding carboxylic acids is 2. The summed E-state index contributed by atoms with van der Waals surface area (Å²) in [6.07, 6.45) is -4.41. The molecule has 1 N–H and O–H groups in total. The second kappa shape index (κ2) is 7.82. The Morgan fingerprint density at radius 1 is 1.06 bits per heavy atom. The standard InChI is InChI=1S/C20H14F4N4O3/c21-14-5-7-15(8-6-14)28-10-12(9-16(28)29)18-26-27-19(31-18)25-17(30)11-1-3-13(4-2-11)20(22,23)24/h1-8,12H,9-10H2,(H,25,27,30)/t12-/m0/s1. The molecule has 11 heteroatoms. The van der Waals surface area contributed by atoms with Gasteiger partial charge in [-0.1, -0.05) is 5.10 Å². The van der Waals surface area contributed by atoms with Crippen molar-refractivity contribution in [3.63, 3.8) is 0 Å². The van der Waals surface area contributed by atoms with Gasteiger partial charge in [0.05, 0.1) is 11.5 Å². The van der Waals surface area contributed by atoms with Crippen molar-refractivity contribution < 1.29 is 31.6 Å². The molecule has 1 atom stereocenters. The quantitative estimate of drug-likeness (QED) is 0.627. The van der Waals surface area contributed by atoms with Gasteiger partial charge in [0.15, 0.2) is 0 Å². The van der Waals surface area contributed by atoms with Crippen LogP contribution < -0.4 is 10.2 Å². The first kappa shape index (κ1) is 20.5. The fourth-order valence-corrected chi connectivity index (χ4v) is 3.17. The van der Waals surface area contributed by atoms with Crippen molar-refractivity contribution in [2.24, 2.45) is 0 Å². The summed E-state index contributed by atoms with van der Waals surface area (Å²) in [5.41, 5.74) is -0.365. The van der Waals surface area contributed by atoms with E-state index in [2.05, 4.69) is 15.5 Å². The molecule has 1 aliphatic rings. The van der Waals surface area contributed by atoms with Crippen LogP contribution in [0.4, 0.5) is 29.3 Å². The maximum absolute atomic E-state index is 13.1. The number of hydrogen-bond acceptors (Lipinski definition) is 5. The molecule has 4 rings (SSSR count). The van der Waals surface area contributed by atoms with Crippen LogP contribution in [-0.4, -0.2) is 28.6 Å². The maximum Gasteiger partial charge on any atom is 0.416 e. The van der Waals surface area contributed by atoms with Gasteiger partial charge in [0.2, 0.25) is 11.8 Å². The number of nitrogens with one attached hydrogen (secondary N) is 1. The van der Waals surface area contributed by atoms with E-state index < -0.39 is 29.4 Å². The Labute approximate surface area is 172 Å². The first-order valence-electron chi connectivity index (χ1n) is 9.08. The fourth-order valence-electron chi connectivity index (χ4n) is 3.17. The predicted octanol–water partition coefficient (Wildman–Crippen LogP) is 4.00. The molecule has 0 aliphatic carbocycles. The highest BCUT2D eigenvalue weighted by Crippen LogP contribution is 2.32. The second-order valence-electron chi connectivity index (χ2n) is 6.86. The number of rotatable bonds is 4. The van der Waals surface area contributed by atoms with Crippen LogP contribution in [0.15, 0.2) is 52.9 Å². The van der Waals surface area contributed by atoms with E-state index in [-0.39, 0.29) is 36.3 Å². The minimum absolute atomic E-state index is 0.0220. The van der Waals surface area contributed by atoms with E-state index in [1.165, 1.54) is 29.2 Å². The molecule has 0 radical (unpaired) electrons. The third-order valence-corrected chi connectivity index (χ3v) is 4.75. The molecular weight excluding hydrogens is 420 g/mol. The smallest absolute Gasteiger partial charge is 0.407 e. The van der Waals surface area contributed by atoms with Crippen molar-refractivity contribution in [3.05, 3.63) is 71.4 Å². The molecular formula is C20H14F4N4O3. The van der Waals surface area contributed by atoms with Crippen LogP contribution in [0.3, 0.4) is 0 Å². The fraction of sp³-hybridized carbons (Fsp3) is 0.200. The molecule has 2 aromatic carbocycles. The van der Waals surface area contributed by atoms with Crippen molar-refractivity contribution in [1.82, 2.24) is 10.2 Å². The highest BCUT2D eigenvalue weighted by atomic mass is 19.4. The molecule has 0 spiro atoms. The molecule has 1 aromatic heterocycles. The minimum atomic E-state index is -4.50. The summed E-state index contributed by atoms with van der Waals surface area (Å²) in [6, 6.07) is 8.88. The molecule has 2 heterocycles. The van der Waals surface area contributed by atoms with Gasteiger partial charge in [-0.15, -0.1) is 5.10 Å². The number of anilines is 2. The molecule has 2 amide bonds. The summed E-state index contributed by atoms with van der Waals surface area (Å²) < 4.78 is 56.4. The molecule has 1 saturated heterocycles. The molecule has 31 heavy (non-hydrogen) atoms. The summed E-state index contributed by atoms with van der Waals surface area (Å²) in [5, 5.41) is 9.88. The van der Waals surface area contributed by atoms with Gasteiger partial charge in [-0.05, 0) is 48.5 Å². The van der Waals surface area contributed by atoms with Crippen LogP contribution >= 0.6 is 0 Å². The Kier molecular flexibility index (Phi) is 5.17. The van der Waals surface area contributed by atoms with E-state index >= 15 is 0 Å². The van der Waals surface area contributed by atoms with Gasteiger partial charge in [-0.2, -0.15) is 13.2 Å². The normalized spacial score (nSPS) is 16.6. The van der Waals surface area contributed by atoms with Crippen LogP contribution in [0.5, 0.6) is 0 Å². The van der Waals surface area contributed by atoms with Crippen LogP contribution in [-0.2, 0) is 11.0 Å². The zero-order valence-electron chi connectivity index (χ0n) is 15.7. The first-order valence-corrected chi connectivity index (χ1v) is 9.08. The molecule has 0 bridgehead atoms. The van der Waals surface area contributed by atoms with Crippen molar-refractivity contribution in [1.29, 1.82) is 0 Å². The second-order valence-corrected chi connectivity index (χ2v) is 6.86. The monoisotopic (exact) mass is 434 g/mol. The number of carbonyl (C=O) groups is 2. The van der Waals surface area contributed by atoms with Gasteiger partial charge in [-0.3, -0.25) is 14.9 Å². The Morgan fingerprint density at radius 3 is 2.39 bits per heavy atom. The first-order chi connectivity index (χ1) is 14.7. The Hall–Kier alpha value is -3.76. The Bertz CT molecular complexity index is 1110. The minimum Gasteiger partial charge on any atom is -0.407 e. The van der Waals surface area contributed by atoms with Crippen molar-refractivity contribution in [3.8, 4) is 0 Å². The van der Waals surface area contributed by atoms with Gasteiger partial charge >= 0.3 is 12.2 Å². The molecule has 3 aromatic rings. The molecule has 1 aliphatic heterocycles. The summed E-state index contributed by atoms with van der Waals surface area (Å²) in [4.78, 5) is 26.0. The van der Waals surface area contributed by atoms with E-state index in [0.29, 0.717) is 5.69 Å². The molecule has 1 fully saturated rings. The lowest BCUT2D eigenvalue weighted by atomic mass is 10.1. The van der Waals surface area contributed by atoms with Gasteiger partial charge in [0.1, 0.15) is 5.82 Å². The Balaban J connectivity index is 1.42. The third kappa shape index (κ3) is 4.39. The molecule has 7 nitrogen and oxygen atoms in total. The Morgan fingerprint density at radius 2 is 1.74 bits per heavy atom. The van der Waals surface area contributed by atoms with E-state index in [1.54, 1.807) is 0 Å². The number of amides is 2. The summed E-state index contributed by atoms with van der Waals surface area (Å²) in [6.45, 7) is 0.235. The van der Waals surface area contributed by atoms with E-state index in [1.807, 2.05) is 0 Å². The number of halogens is 4. The van der Waals surface area contributed by atoms with Crippen LogP contribution in [0, 0.1) is 5.82 Å². The highest BCUT2D eigenvalue weighted by molar-refractivity contribution is 6.03.